The van der Waals surface area contributed by atoms with Crippen LogP contribution in [0.3, 0.4) is 0 Å². The Balaban J connectivity index is 1.58. The van der Waals surface area contributed by atoms with E-state index in [-0.39, 0.29) is 17.5 Å². The molecule has 1 heterocycles. The van der Waals surface area contributed by atoms with E-state index >= 15 is 0 Å². The molecular formula is C18H23N3O2S. The zero-order chi connectivity index (χ0) is 17.3. The summed E-state index contributed by atoms with van der Waals surface area (Å²) in [5.74, 6) is 0. The average molecular weight is 345 g/mol. The first kappa shape index (κ1) is 16.9. The summed E-state index contributed by atoms with van der Waals surface area (Å²) >= 11 is 1.61. The van der Waals surface area contributed by atoms with Crippen LogP contribution in [0.5, 0.6) is 0 Å². The molecule has 0 radical (unpaired) electrons. The van der Waals surface area contributed by atoms with Crippen LogP contribution in [0.2, 0.25) is 0 Å². The Hall–Kier alpha value is -1.92. The molecule has 1 aromatic heterocycles. The third-order valence-electron chi connectivity index (χ3n) is 4.11. The molecule has 3 rings (SSSR count). The highest BCUT2D eigenvalue weighted by molar-refractivity contribution is 7.09. The highest BCUT2D eigenvalue weighted by atomic mass is 32.1. The third kappa shape index (κ3) is 3.60. The molecule has 2 atom stereocenters. The molecule has 0 saturated heterocycles. The van der Waals surface area contributed by atoms with E-state index < -0.39 is 6.10 Å². The Morgan fingerprint density at radius 3 is 2.83 bits per heavy atom. The van der Waals surface area contributed by atoms with Gasteiger partial charge in [0.15, 0.2) is 0 Å². The van der Waals surface area contributed by atoms with E-state index in [1.54, 1.807) is 11.3 Å². The van der Waals surface area contributed by atoms with Crippen molar-refractivity contribution in [3.63, 3.8) is 0 Å². The van der Waals surface area contributed by atoms with E-state index in [2.05, 4.69) is 36.4 Å². The number of carbonyl (C=O) groups excluding carboxylic acids is 1. The minimum Gasteiger partial charge on any atom is -0.390 e. The lowest BCUT2D eigenvalue weighted by Crippen LogP contribution is -2.40. The molecule has 128 valence electrons. The lowest BCUT2D eigenvalue weighted by molar-refractivity contribution is 0.142. The molecule has 1 aliphatic rings. The highest BCUT2D eigenvalue weighted by Crippen LogP contribution is 2.31. The van der Waals surface area contributed by atoms with Crippen molar-refractivity contribution >= 4 is 17.4 Å². The Morgan fingerprint density at radius 1 is 1.38 bits per heavy atom. The predicted molar refractivity (Wildman–Crippen MR) is 95.1 cm³/mol. The van der Waals surface area contributed by atoms with Gasteiger partial charge in [0.1, 0.15) is 0 Å². The molecule has 2 amide bonds. The van der Waals surface area contributed by atoms with Gasteiger partial charge in [0.25, 0.3) is 0 Å². The first-order chi connectivity index (χ1) is 11.3. The Morgan fingerprint density at radius 2 is 2.12 bits per heavy atom. The van der Waals surface area contributed by atoms with Gasteiger partial charge in [-0.3, -0.25) is 0 Å². The molecule has 24 heavy (non-hydrogen) atoms. The molecule has 3 N–H and O–H groups in total. The Labute approximate surface area is 146 Å². The van der Waals surface area contributed by atoms with Gasteiger partial charge in [0, 0.05) is 17.2 Å². The van der Waals surface area contributed by atoms with E-state index in [1.165, 1.54) is 0 Å². The van der Waals surface area contributed by atoms with Crippen molar-refractivity contribution in [1.29, 1.82) is 0 Å². The largest absolute Gasteiger partial charge is 0.390 e. The number of aromatic nitrogens is 1. The smallest absolute Gasteiger partial charge is 0.315 e. The van der Waals surface area contributed by atoms with Crippen molar-refractivity contribution < 1.29 is 9.90 Å². The van der Waals surface area contributed by atoms with Gasteiger partial charge in [-0.2, -0.15) is 0 Å². The maximum absolute atomic E-state index is 12.2. The molecule has 2 aromatic rings. The maximum atomic E-state index is 12.2. The van der Waals surface area contributed by atoms with Crippen molar-refractivity contribution in [2.75, 3.05) is 0 Å². The van der Waals surface area contributed by atoms with Crippen LogP contribution in [0.1, 0.15) is 48.6 Å². The number of amides is 2. The second-order valence-corrected chi connectivity index (χ2v) is 8.03. The zero-order valence-corrected chi connectivity index (χ0v) is 15.0. The van der Waals surface area contributed by atoms with E-state index in [0.717, 1.165) is 21.8 Å². The lowest BCUT2D eigenvalue weighted by atomic mass is 9.98. The highest BCUT2D eigenvalue weighted by Gasteiger charge is 2.31. The molecule has 0 saturated carbocycles. The monoisotopic (exact) mass is 345 g/mol. The number of urea groups is 1. The molecule has 1 aromatic carbocycles. The average Bonchev–Trinajstić information content (AvgIpc) is 3.11. The summed E-state index contributed by atoms with van der Waals surface area (Å²) in [5.41, 5.74) is 2.95. The van der Waals surface area contributed by atoms with Crippen LogP contribution in [-0.2, 0) is 18.4 Å². The van der Waals surface area contributed by atoms with Crippen molar-refractivity contribution in [3.05, 3.63) is 51.5 Å². The number of nitrogens with zero attached hydrogens (tertiary/aromatic N) is 1. The summed E-state index contributed by atoms with van der Waals surface area (Å²) in [6.45, 7) is 6.74. The number of aliphatic hydroxyl groups excluding tert-OH is 1. The van der Waals surface area contributed by atoms with Gasteiger partial charge < -0.3 is 15.7 Å². The number of rotatable bonds is 3. The fourth-order valence-electron chi connectivity index (χ4n) is 2.84. The minimum atomic E-state index is -0.583. The summed E-state index contributed by atoms with van der Waals surface area (Å²) in [5, 5.41) is 18.9. The van der Waals surface area contributed by atoms with Gasteiger partial charge in [0.2, 0.25) is 0 Å². The minimum absolute atomic E-state index is 0.0167. The fourth-order valence-corrected chi connectivity index (χ4v) is 3.75. The summed E-state index contributed by atoms with van der Waals surface area (Å²) in [6.07, 6.45) is -0.0118. The topological polar surface area (TPSA) is 74.2 Å². The van der Waals surface area contributed by atoms with Crippen LogP contribution < -0.4 is 10.6 Å². The molecule has 0 aliphatic heterocycles. The molecule has 1 aliphatic carbocycles. The normalized spacial score (nSPS) is 19.8. The molecular weight excluding hydrogens is 322 g/mol. The molecule has 6 heteroatoms. The van der Waals surface area contributed by atoms with Gasteiger partial charge in [-0.05, 0) is 11.1 Å². The van der Waals surface area contributed by atoms with Crippen LogP contribution in [0, 0.1) is 0 Å². The van der Waals surface area contributed by atoms with Gasteiger partial charge in [-0.25, -0.2) is 9.78 Å². The van der Waals surface area contributed by atoms with Crippen LogP contribution >= 0.6 is 11.3 Å². The quantitative estimate of drug-likeness (QED) is 0.801. The van der Waals surface area contributed by atoms with Gasteiger partial charge in [0.05, 0.1) is 29.4 Å². The van der Waals surface area contributed by atoms with Gasteiger partial charge in [-0.15, -0.1) is 11.3 Å². The molecule has 0 unspecified atom stereocenters. The van der Waals surface area contributed by atoms with E-state index in [9.17, 15) is 9.90 Å². The number of benzene rings is 1. The first-order valence-corrected chi connectivity index (χ1v) is 8.97. The third-order valence-corrected chi connectivity index (χ3v) is 5.43. The first-order valence-electron chi connectivity index (χ1n) is 8.09. The molecule has 5 nitrogen and oxygen atoms in total. The van der Waals surface area contributed by atoms with E-state index in [4.69, 9.17) is 0 Å². The molecule has 0 bridgehead atoms. The van der Waals surface area contributed by atoms with Crippen LogP contribution in [0.4, 0.5) is 4.79 Å². The van der Waals surface area contributed by atoms with E-state index in [0.29, 0.717) is 13.0 Å². The maximum Gasteiger partial charge on any atom is 0.315 e. The number of thiazole rings is 1. The lowest BCUT2D eigenvalue weighted by Gasteiger charge is -2.18. The number of hydrogen-bond acceptors (Lipinski definition) is 4. The summed E-state index contributed by atoms with van der Waals surface area (Å²) < 4.78 is 0. The summed E-state index contributed by atoms with van der Waals surface area (Å²) in [4.78, 5) is 16.7. The van der Waals surface area contributed by atoms with Gasteiger partial charge >= 0.3 is 6.03 Å². The van der Waals surface area contributed by atoms with Crippen molar-refractivity contribution in [3.8, 4) is 0 Å². The fraction of sp³-hybridized carbons (Fsp3) is 0.444. The summed E-state index contributed by atoms with van der Waals surface area (Å²) in [7, 11) is 0. The molecule has 0 spiro atoms. The number of hydrogen-bond donors (Lipinski definition) is 3. The Bertz CT molecular complexity index is 736. The standard InChI is InChI=1S/C18H23N3O2S/c1-18(2,3)16-20-12(10-24-16)9-19-17(23)21-15-13-7-5-4-6-11(13)8-14(15)22/h4-7,10,14-15,22H,8-9H2,1-3H3,(H2,19,21,23)/t14-,15+/m0/s1. The zero-order valence-electron chi connectivity index (χ0n) is 14.2. The van der Waals surface area contributed by atoms with Crippen molar-refractivity contribution in [2.45, 2.75) is 51.3 Å². The summed E-state index contributed by atoms with van der Waals surface area (Å²) in [6, 6.07) is 7.16. The molecule has 0 fully saturated rings. The van der Waals surface area contributed by atoms with Crippen LogP contribution in [0.25, 0.3) is 0 Å². The predicted octanol–water partition coefficient (Wildman–Crippen LogP) is 2.90. The van der Waals surface area contributed by atoms with Crippen LogP contribution in [0.15, 0.2) is 29.6 Å². The SMILES string of the molecule is CC(C)(C)c1nc(CNC(=O)N[C@@H]2c3ccccc3C[C@@H]2O)cs1. The second kappa shape index (κ2) is 6.53. The number of fused-ring (bicyclic) bond motifs is 1. The number of carbonyl (C=O) groups is 1. The van der Waals surface area contributed by atoms with E-state index in [1.807, 2.05) is 29.6 Å². The Kier molecular flexibility index (Phi) is 4.60. The number of aliphatic hydroxyl groups is 1. The van der Waals surface area contributed by atoms with Gasteiger partial charge in [-0.1, -0.05) is 45.0 Å². The van der Waals surface area contributed by atoms with Crippen LogP contribution in [-0.4, -0.2) is 22.2 Å². The van der Waals surface area contributed by atoms with Crippen molar-refractivity contribution in [1.82, 2.24) is 15.6 Å². The van der Waals surface area contributed by atoms with Crippen molar-refractivity contribution in [2.24, 2.45) is 0 Å². The second-order valence-electron chi connectivity index (χ2n) is 7.17. The number of nitrogens with one attached hydrogen (secondary N) is 2.